The standard InChI is InChI=1S/C16H21NO3/c1-10-7-13(9-14(8-10)16(19)20)15(18)17-6-4-5-11(2)12(17)3/h7-9,11-12H,4-6H2,1-3H3,(H,19,20). The molecule has 1 aromatic rings. The van der Waals surface area contributed by atoms with Crippen molar-refractivity contribution in [1.82, 2.24) is 4.90 Å². The van der Waals surface area contributed by atoms with Crippen LogP contribution in [0.1, 0.15) is 53.0 Å². The molecular formula is C16H21NO3. The number of aromatic carboxylic acids is 1. The number of hydrogen-bond donors (Lipinski definition) is 1. The number of benzene rings is 1. The average molecular weight is 275 g/mol. The van der Waals surface area contributed by atoms with Crippen LogP contribution in [0.25, 0.3) is 0 Å². The molecule has 0 aromatic heterocycles. The highest BCUT2D eigenvalue weighted by atomic mass is 16.4. The third-order valence-corrected chi connectivity index (χ3v) is 4.21. The minimum absolute atomic E-state index is 0.0600. The topological polar surface area (TPSA) is 57.6 Å². The summed E-state index contributed by atoms with van der Waals surface area (Å²) in [5, 5.41) is 9.09. The van der Waals surface area contributed by atoms with Crippen LogP contribution in [-0.4, -0.2) is 34.5 Å². The molecule has 1 fully saturated rings. The van der Waals surface area contributed by atoms with Crippen molar-refractivity contribution in [1.29, 1.82) is 0 Å². The summed E-state index contributed by atoms with van der Waals surface area (Å²) in [5.41, 5.74) is 1.44. The molecule has 1 amide bonds. The van der Waals surface area contributed by atoms with E-state index in [1.807, 2.05) is 11.8 Å². The van der Waals surface area contributed by atoms with Gasteiger partial charge < -0.3 is 10.0 Å². The number of rotatable bonds is 2. The van der Waals surface area contributed by atoms with Crippen LogP contribution in [0.2, 0.25) is 0 Å². The summed E-state index contributed by atoms with van der Waals surface area (Å²) in [7, 11) is 0. The second-order valence-electron chi connectivity index (χ2n) is 5.75. The Balaban J connectivity index is 2.31. The van der Waals surface area contributed by atoms with Crippen LogP contribution in [0.15, 0.2) is 18.2 Å². The lowest BCUT2D eigenvalue weighted by Gasteiger charge is -2.38. The van der Waals surface area contributed by atoms with Crippen molar-refractivity contribution in [2.75, 3.05) is 6.54 Å². The van der Waals surface area contributed by atoms with Gasteiger partial charge in [0.15, 0.2) is 0 Å². The van der Waals surface area contributed by atoms with Crippen molar-refractivity contribution in [3.05, 3.63) is 34.9 Å². The maximum absolute atomic E-state index is 12.6. The van der Waals surface area contributed by atoms with E-state index in [0.717, 1.165) is 24.9 Å². The van der Waals surface area contributed by atoms with Crippen LogP contribution in [0.4, 0.5) is 0 Å². The van der Waals surface area contributed by atoms with E-state index in [1.165, 1.54) is 6.07 Å². The first-order chi connectivity index (χ1) is 9.40. The van der Waals surface area contributed by atoms with E-state index in [4.69, 9.17) is 5.11 Å². The Morgan fingerprint density at radius 1 is 1.20 bits per heavy atom. The molecule has 0 saturated carbocycles. The number of hydrogen-bond acceptors (Lipinski definition) is 2. The first-order valence-electron chi connectivity index (χ1n) is 7.06. The Morgan fingerprint density at radius 2 is 1.85 bits per heavy atom. The molecule has 0 bridgehead atoms. The van der Waals surface area contributed by atoms with E-state index >= 15 is 0 Å². The summed E-state index contributed by atoms with van der Waals surface area (Å²) in [6.07, 6.45) is 2.15. The number of aryl methyl sites for hydroxylation is 1. The van der Waals surface area contributed by atoms with Gasteiger partial charge in [0.2, 0.25) is 0 Å². The van der Waals surface area contributed by atoms with Crippen LogP contribution in [0, 0.1) is 12.8 Å². The van der Waals surface area contributed by atoms with Crippen molar-refractivity contribution in [3.63, 3.8) is 0 Å². The predicted octanol–water partition coefficient (Wildman–Crippen LogP) is 2.95. The van der Waals surface area contributed by atoms with E-state index in [9.17, 15) is 9.59 Å². The molecule has 1 aromatic carbocycles. The Morgan fingerprint density at radius 3 is 2.50 bits per heavy atom. The zero-order valence-corrected chi connectivity index (χ0v) is 12.2. The second-order valence-corrected chi connectivity index (χ2v) is 5.75. The molecule has 1 aliphatic rings. The lowest BCUT2D eigenvalue weighted by molar-refractivity contribution is 0.0551. The molecule has 0 radical (unpaired) electrons. The number of carboxylic acid groups (broad SMARTS) is 1. The fraction of sp³-hybridized carbons (Fsp3) is 0.500. The number of carbonyl (C=O) groups is 2. The van der Waals surface area contributed by atoms with E-state index in [2.05, 4.69) is 13.8 Å². The highest BCUT2D eigenvalue weighted by molar-refractivity contribution is 5.98. The third kappa shape index (κ3) is 2.84. The van der Waals surface area contributed by atoms with Crippen molar-refractivity contribution < 1.29 is 14.7 Å². The van der Waals surface area contributed by atoms with Crippen LogP contribution in [-0.2, 0) is 0 Å². The molecule has 20 heavy (non-hydrogen) atoms. The zero-order chi connectivity index (χ0) is 14.9. The fourth-order valence-corrected chi connectivity index (χ4v) is 2.82. The normalized spacial score (nSPS) is 22.6. The van der Waals surface area contributed by atoms with Gasteiger partial charge in [0.1, 0.15) is 0 Å². The number of amides is 1. The highest BCUT2D eigenvalue weighted by Crippen LogP contribution is 2.25. The summed E-state index contributed by atoms with van der Waals surface area (Å²) >= 11 is 0. The average Bonchev–Trinajstić information content (AvgIpc) is 2.40. The summed E-state index contributed by atoms with van der Waals surface area (Å²) in [6.45, 7) is 6.78. The van der Waals surface area contributed by atoms with Gasteiger partial charge in [0, 0.05) is 18.2 Å². The van der Waals surface area contributed by atoms with Crippen molar-refractivity contribution in [2.45, 2.75) is 39.7 Å². The summed E-state index contributed by atoms with van der Waals surface area (Å²) in [4.78, 5) is 25.6. The van der Waals surface area contributed by atoms with Gasteiger partial charge in [0.05, 0.1) is 5.56 Å². The first-order valence-corrected chi connectivity index (χ1v) is 7.06. The number of likely N-dealkylation sites (tertiary alicyclic amines) is 1. The lowest BCUT2D eigenvalue weighted by atomic mass is 9.91. The van der Waals surface area contributed by atoms with Gasteiger partial charge in [-0.2, -0.15) is 0 Å². The van der Waals surface area contributed by atoms with Gasteiger partial charge >= 0.3 is 5.97 Å². The monoisotopic (exact) mass is 275 g/mol. The Kier molecular flexibility index (Phi) is 4.12. The number of piperidine rings is 1. The van der Waals surface area contributed by atoms with Crippen molar-refractivity contribution >= 4 is 11.9 Å². The molecule has 2 rings (SSSR count). The minimum atomic E-state index is -0.997. The molecule has 1 heterocycles. The van der Waals surface area contributed by atoms with Gasteiger partial charge in [-0.15, -0.1) is 0 Å². The molecule has 0 aliphatic carbocycles. The smallest absolute Gasteiger partial charge is 0.335 e. The van der Waals surface area contributed by atoms with Crippen molar-refractivity contribution in [2.24, 2.45) is 5.92 Å². The molecule has 4 nitrogen and oxygen atoms in total. The molecule has 1 aliphatic heterocycles. The van der Waals surface area contributed by atoms with Gasteiger partial charge in [-0.25, -0.2) is 4.79 Å². The number of nitrogens with zero attached hydrogens (tertiary/aromatic N) is 1. The second kappa shape index (κ2) is 5.65. The van der Waals surface area contributed by atoms with Crippen LogP contribution >= 0.6 is 0 Å². The number of carbonyl (C=O) groups excluding carboxylic acids is 1. The molecular weight excluding hydrogens is 254 g/mol. The minimum Gasteiger partial charge on any atom is -0.478 e. The Labute approximate surface area is 119 Å². The van der Waals surface area contributed by atoms with E-state index < -0.39 is 5.97 Å². The predicted molar refractivity (Wildman–Crippen MR) is 77.0 cm³/mol. The van der Waals surface area contributed by atoms with Crippen LogP contribution < -0.4 is 0 Å². The Hall–Kier alpha value is -1.84. The largest absolute Gasteiger partial charge is 0.478 e. The first kappa shape index (κ1) is 14.6. The Bertz CT molecular complexity index is 539. The summed E-state index contributed by atoms with van der Waals surface area (Å²) < 4.78 is 0. The highest BCUT2D eigenvalue weighted by Gasteiger charge is 2.29. The van der Waals surface area contributed by atoms with E-state index in [-0.39, 0.29) is 17.5 Å². The van der Waals surface area contributed by atoms with Gasteiger partial charge in [-0.1, -0.05) is 6.92 Å². The third-order valence-electron chi connectivity index (χ3n) is 4.21. The molecule has 1 N–H and O–H groups in total. The molecule has 4 heteroatoms. The van der Waals surface area contributed by atoms with Gasteiger partial charge in [-0.3, -0.25) is 4.79 Å². The van der Waals surface area contributed by atoms with Crippen LogP contribution in [0.5, 0.6) is 0 Å². The van der Waals surface area contributed by atoms with Gasteiger partial charge in [-0.05, 0) is 56.4 Å². The molecule has 0 spiro atoms. The maximum atomic E-state index is 12.6. The van der Waals surface area contributed by atoms with Crippen LogP contribution in [0.3, 0.4) is 0 Å². The summed E-state index contributed by atoms with van der Waals surface area (Å²) in [6, 6.07) is 5.02. The summed E-state index contributed by atoms with van der Waals surface area (Å²) in [5.74, 6) is -0.575. The van der Waals surface area contributed by atoms with Crippen molar-refractivity contribution in [3.8, 4) is 0 Å². The SMILES string of the molecule is Cc1cc(C(=O)O)cc(C(=O)N2CCCC(C)C2C)c1. The molecule has 2 unspecified atom stereocenters. The fourth-order valence-electron chi connectivity index (χ4n) is 2.82. The quantitative estimate of drug-likeness (QED) is 0.902. The maximum Gasteiger partial charge on any atom is 0.335 e. The molecule has 1 saturated heterocycles. The van der Waals surface area contributed by atoms with E-state index in [0.29, 0.717) is 11.5 Å². The molecule has 108 valence electrons. The zero-order valence-electron chi connectivity index (χ0n) is 12.2. The molecule has 2 atom stereocenters. The van der Waals surface area contributed by atoms with Gasteiger partial charge in [0.25, 0.3) is 5.91 Å². The number of carboxylic acids is 1. The van der Waals surface area contributed by atoms with E-state index in [1.54, 1.807) is 12.1 Å². The lowest BCUT2D eigenvalue weighted by Crippen LogP contribution is -2.46.